The maximum atomic E-state index is 13.3. The van der Waals surface area contributed by atoms with E-state index >= 15 is 0 Å². The zero-order chi connectivity index (χ0) is 30.1. The van der Waals surface area contributed by atoms with Gasteiger partial charge in [-0.2, -0.15) is 0 Å². The number of carbonyl (C=O) groups excluding carboxylic acids is 4. The zero-order valence-electron chi connectivity index (χ0n) is 23.8. The van der Waals surface area contributed by atoms with Crippen LogP contribution >= 0.6 is 0 Å². The monoisotopic (exact) mass is 563 g/mol. The largest absolute Gasteiger partial charge is 0.508 e. The number of likely N-dealkylation sites (N-methyl/N-ethyl adjacent to an activating group) is 1. The summed E-state index contributed by atoms with van der Waals surface area (Å²) in [5.74, 6) is -1.53. The molecule has 14 heteroatoms. The van der Waals surface area contributed by atoms with Crippen LogP contribution in [0.2, 0.25) is 0 Å². The summed E-state index contributed by atoms with van der Waals surface area (Å²) in [4.78, 5) is 53.0. The molecule has 222 valence electrons. The Bertz CT molecular complexity index is 1020. The normalized spacial score (nSPS) is 12.4. The highest BCUT2D eigenvalue weighted by Crippen LogP contribution is 2.13. The Balaban J connectivity index is 2.93. The minimum Gasteiger partial charge on any atom is -0.508 e. The fraction of sp³-hybridized carbons (Fsp3) is 0.615. The highest BCUT2D eigenvalue weighted by atomic mass is 16.6. The van der Waals surface area contributed by atoms with E-state index in [9.17, 15) is 24.3 Å². The van der Waals surface area contributed by atoms with Crippen LogP contribution in [0, 0.1) is 0 Å². The number of esters is 1. The number of azide groups is 1. The van der Waals surface area contributed by atoms with E-state index in [1.165, 1.54) is 24.2 Å². The van der Waals surface area contributed by atoms with Crippen LogP contribution in [0.15, 0.2) is 29.4 Å². The number of amides is 3. The van der Waals surface area contributed by atoms with E-state index in [0.717, 1.165) is 12.8 Å². The Morgan fingerprint density at radius 1 is 1.15 bits per heavy atom. The summed E-state index contributed by atoms with van der Waals surface area (Å²) in [5, 5.41) is 19.6. The Labute approximate surface area is 234 Å². The van der Waals surface area contributed by atoms with Crippen molar-refractivity contribution in [3.8, 4) is 5.75 Å². The quantitative estimate of drug-likeness (QED) is 0.0588. The smallest absolute Gasteiger partial charge is 0.408 e. The van der Waals surface area contributed by atoms with Gasteiger partial charge in [-0.1, -0.05) is 30.6 Å². The fourth-order valence-electron chi connectivity index (χ4n) is 3.40. The summed E-state index contributed by atoms with van der Waals surface area (Å²) >= 11 is 0. The minimum absolute atomic E-state index is 0.0104. The average Bonchev–Trinajstić information content (AvgIpc) is 2.83. The van der Waals surface area contributed by atoms with Gasteiger partial charge in [-0.3, -0.25) is 19.8 Å². The van der Waals surface area contributed by atoms with Crippen LogP contribution in [0.1, 0.15) is 58.9 Å². The number of alkyl carbamates (subject to hydrolysis) is 1. The first-order valence-corrected chi connectivity index (χ1v) is 13.1. The van der Waals surface area contributed by atoms with E-state index in [1.54, 1.807) is 32.9 Å². The molecule has 2 atom stereocenters. The number of hydrogen-bond acceptors (Lipinski definition) is 9. The van der Waals surface area contributed by atoms with Gasteiger partial charge < -0.3 is 25.2 Å². The number of hydrazine groups is 1. The zero-order valence-corrected chi connectivity index (χ0v) is 23.8. The van der Waals surface area contributed by atoms with Gasteiger partial charge in [0.2, 0.25) is 11.8 Å². The van der Waals surface area contributed by atoms with E-state index in [0.29, 0.717) is 12.2 Å². The first-order valence-electron chi connectivity index (χ1n) is 13.1. The Morgan fingerprint density at radius 2 is 1.82 bits per heavy atom. The first-order chi connectivity index (χ1) is 18.8. The highest BCUT2D eigenvalue weighted by Gasteiger charge is 2.27. The van der Waals surface area contributed by atoms with Crippen LogP contribution in [0.4, 0.5) is 4.79 Å². The number of nitrogens with zero attached hydrogens (tertiary/aromatic N) is 4. The van der Waals surface area contributed by atoms with E-state index in [2.05, 4.69) is 26.1 Å². The van der Waals surface area contributed by atoms with Gasteiger partial charge in [0.05, 0.1) is 6.61 Å². The van der Waals surface area contributed by atoms with Crippen LogP contribution in [0.3, 0.4) is 0 Å². The molecule has 0 aliphatic rings. The molecule has 0 heterocycles. The lowest BCUT2D eigenvalue weighted by atomic mass is 10.0. The number of unbranched alkanes of at least 4 members (excludes halogenated alkanes) is 1. The molecule has 1 aromatic rings. The van der Waals surface area contributed by atoms with Crippen molar-refractivity contribution >= 4 is 23.9 Å². The molecule has 0 fully saturated rings. The van der Waals surface area contributed by atoms with Crippen molar-refractivity contribution < 1.29 is 33.8 Å². The van der Waals surface area contributed by atoms with Gasteiger partial charge in [0.25, 0.3) is 0 Å². The number of aromatic hydroxyl groups is 1. The Hall–Kier alpha value is -4.03. The summed E-state index contributed by atoms with van der Waals surface area (Å²) in [6.07, 6.45) is 0.840. The molecule has 0 saturated heterocycles. The second kappa shape index (κ2) is 17.5. The molecule has 0 unspecified atom stereocenters. The number of phenols is 1. The SMILES string of the molecule is CCCCOC(=O)CN(C)NC(=O)C[C@H](CCN=[N+]=[N-])NC(=O)[C@H](Cc1ccc(O)cc1)NC(=O)OC(C)(C)C. The van der Waals surface area contributed by atoms with Crippen molar-refractivity contribution in [1.82, 2.24) is 21.1 Å². The molecular weight excluding hydrogens is 522 g/mol. The second-order valence-electron chi connectivity index (χ2n) is 10.2. The molecule has 0 radical (unpaired) electrons. The number of hydrogen-bond donors (Lipinski definition) is 4. The van der Waals surface area contributed by atoms with Crippen LogP contribution in [-0.4, -0.2) is 78.4 Å². The predicted molar refractivity (Wildman–Crippen MR) is 147 cm³/mol. The maximum Gasteiger partial charge on any atom is 0.408 e. The number of benzene rings is 1. The van der Waals surface area contributed by atoms with Crippen LogP contribution < -0.4 is 16.1 Å². The summed E-state index contributed by atoms with van der Waals surface area (Å²) in [6.45, 7) is 7.18. The van der Waals surface area contributed by atoms with Crippen LogP contribution in [0.25, 0.3) is 10.4 Å². The van der Waals surface area contributed by atoms with Gasteiger partial charge in [0.15, 0.2) is 0 Å². The summed E-state index contributed by atoms with van der Waals surface area (Å²) in [7, 11) is 1.50. The minimum atomic E-state index is -1.08. The number of nitrogens with one attached hydrogen (secondary N) is 3. The maximum absolute atomic E-state index is 13.3. The van der Waals surface area contributed by atoms with Gasteiger partial charge in [-0.25, -0.2) is 9.80 Å². The molecule has 0 aromatic heterocycles. The van der Waals surface area contributed by atoms with Gasteiger partial charge >= 0.3 is 12.1 Å². The van der Waals surface area contributed by atoms with E-state index in [-0.39, 0.29) is 38.1 Å². The fourth-order valence-corrected chi connectivity index (χ4v) is 3.40. The lowest BCUT2D eigenvalue weighted by Gasteiger charge is -2.26. The number of phenolic OH excluding ortho intramolecular Hbond substituents is 1. The molecule has 1 rings (SSSR count). The molecular formula is C26H41N7O7. The second-order valence-corrected chi connectivity index (χ2v) is 10.2. The molecule has 0 spiro atoms. The lowest BCUT2D eigenvalue weighted by molar-refractivity contribution is -0.146. The molecule has 0 bridgehead atoms. The van der Waals surface area contributed by atoms with Gasteiger partial charge in [-0.15, -0.1) is 0 Å². The van der Waals surface area contributed by atoms with Gasteiger partial charge in [0.1, 0.15) is 23.9 Å². The van der Waals surface area contributed by atoms with Crippen molar-refractivity contribution in [1.29, 1.82) is 0 Å². The summed E-state index contributed by atoms with van der Waals surface area (Å²) in [6, 6.07) is 4.31. The predicted octanol–water partition coefficient (Wildman–Crippen LogP) is 2.71. The van der Waals surface area contributed by atoms with Crippen molar-refractivity contribution in [3.63, 3.8) is 0 Å². The number of ether oxygens (including phenoxy) is 2. The third-order valence-electron chi connectivity index (χ3n) is 5.25. The van der Waals surface area contributed by atoms with Crippen molar-refractivity contribution in [2.75, 3.05) is 26.7 Å². The molecule has 3 amide bonds. The standard InChI is InChI=1S/C26H41N7O7/c1-6-7-14-39-23(36)17-33(5)31-22(35)16-19(12-13-28-32-27)29-24(37)21(30-25(38)40-26(2,3)4)15-18-8-10-20(34)11-9-18/h8-11,19,21,34H,6-7,12-17H2,1-5H3,(H,29,37)(H,30,38)(H,31,35)/t19-,21-/m0/s1. The van der Waals surface area contributed by atoms with Gasteiger partial charge in [-0.05, 0) is 56.8 Å². The molecule has 40 heavy (non-hydrogen) atoms. The van der Waals surface area contributed by atoms with Crippen molar-refractivity contribution in [3.05, 3.63) is 40.3 Å². The Morgan fingerprint density at radius 3 is 2.42 bits per heavy atom. The lowest BCUT2D eigenvalue weighted by Crippen LogP contribution is -2.53. The summed E-state index contributed by atoms with van der Waals surface area (Å²) < 4.78 is 10.4. The average molecular weight is 564 g/mol. The third kappa shape index (κ3) is 15.4. The molecule has 0 saturated carbocycles. The molecule has 14 nitrogen and oxygen atoms in total. The van der Waals surface area contributed by atoms with E-state index < -0.39 is 41.6 Å². The third-order valence-corrected chi connectivity index (χ3v) is 5.25. The topological polar surface area (TPSA) is 195 Å². The molecule has 4 N–H and O–H groups in total. The van der Waals surface area contributed by atoms with Crippen LogP contribution in [0.5, 0.6) is 5.75 Å². The Kier molecular flexibility index (Phi) is 14.9. The molecule has 1 aromatic carbocycles. The van der Waals surface area contributed by atoms with Crippen molar-refractivity contribution in [2.24, 2.45) is 5.11 Å². The summed E-state index contributed by atoms with van der Waals surface area (Å²) in [5.41, 5.74) is 11.1. The highest BCUT2D eigenvalue weighted by molar-refractivity contribution is 5.87. The first kappa shape index (κ1) is 34.0. The van der Waals surface area contributed by atoms with E-state index in [4.69, 9.17) is 15.0 Å². The number of carbonyl (C=O) groups is 4. The number of rotatable bonds is 16. The van der Waals surface area contributed by atoms with Crippen LogP contribution in [-0.2, 0) is 30.3 Å². The molecule has 0 aliphatic carbocycles. The van der Waals surface area contributed by atoms with Gasteiger partial charge in [0, 0.05) is 37.4 Å². The van der Waals surface area contributed by atoms with E-state index in [1.807, 2.05) is 6.92 Å². The van der Waals surface area contributed by atoms with Crippen molar-refractivity contribution in [2.45, 2.75) is 77.5 Å². The molecule has 0 aliphatic heterocycles.